The molecule has 22 heavy (non-hydrogen) atoms. The first-order valence-corrected chi connectivity index (χ1v) is 8.25. The van der Waals surface area contributed by atoms with Crippen LogP contribution in [0.4, 0.5) is 5.95 Å². The van der Waals surface area contributed by atoms with E-state index in [-0.39, 0.29) is 35.5 Å². The van der Waals surface area contributed by atoms with Crippen LogP contribution in [0.2, 0.25) is 0 Å². The van der Waals surface area contributed by atoms with Crippen LogP contribution in [0.1, 0.15) is 17.8 Å². The van der Waals surface area contributed by atoms with E-state index in [1.807, 2.05) is 6.92 Å². The fraction of sp³-hybridized carbons (Fsp3) is 0.308. The monoisotopic (exact) mass is 323 g/mol. The van der Waals surface area contributed by atoms with E-state index in [1.165, 1.54) is 0 Å². The van der Waals surface area contributed by atoms with E-state index in [4.69, 9.17) is 5.73 Å². The lowest BCUT2D eigenvalue weighted by molar-refractivity contribution is -0.120. The lowest BCUT2D eigenvalue weighted by atomic mass is 10.2. The van der Waals surface area contributed by atoms with Gasteiger partial charge in [-0.1, -0.05) is 17.7 Å². The van der Waals surface area contributed by atoms with Crippen LogP contribution < -0.4 is 11.1 Å². The topological polar surface area (TPSA) is 131 Å². The van der Waals surface area contributed by atoms with Gasteiger partial charge in [0.2, 0.25) is 11.9 Å². The quantitative estimate of drug-likeness (QED) is 0.695. The number of benzene rings is 1. The average Bonchev–Trinajstić information content (AvgIpc) is 2.89. The highest BCUT2D eigenvalue weighted by Crippen LogP contribution is 2.13. The smallest absolute Gasteiger partial charge is 0.239 e. The molecule has 1 aromatic heterocycles. The minimum atomic E-state index is -3.47. The van der Waals surface area contributed by atoms with Crippen molar-refractivity contribution < 1.29 is 13.2 Å². The first-order valence-electron chi connectivity index (χ1n) is 6.60. The van der Waals surface area contributed by atoms with Gasteiger partial charge in [-0.25, -0.2) is 8.42 Å². The lowest BCUT2D eigenvalue weighted by Gasteiger charge is -2.05. The molecule has 0 spiro atoms. The Bertz CT molecular complexity index is 752. The Labute approximate surface area is 128 Å². The predicted octanol–water partition coefficient (Wildman–Crippen LogP) is 0.176. The number of sulfone groups is 1. The zero-order valence-electron chi connectivity index (χ0n) is 12.0. The van der Waals surface area contributed by atoms with Gasteiger partial charge in [-0.15, -0.1) is 5.10 Å². The minimum Gasteiger partial charge on any atom is -0.367 e. The van der Waals surface area contributed by atoms with Crippen molar-refractivity contribution >= 4 is 21.7 Å². The van der Waals surface area contributed by atoms with Gasteiger partial charge in [0.25, 0.3) is 0 Å². The Balaban J connectivity index is 1.86. The molecule has 0 bridgehead atoms. The van der Waals surface area contributed by atoms with Gasteiger partial charge in [0.15, 0.2) is 9.84 Å². The zero-order valence-corrected chi connectivity index (χ0v) is 12.9. The van der Waals surface area contributed by atoms with Crippen molar-refractivity contribution in [2.75, 3.05) is 11.5 Å². The number of aromatic amines is 1. The van der Waals surface area contributed by atoms with Gasteiger partial charge in [-0.05, 0) is 19.1 Å². The first-order chi connectivity index (χ1) is 10.4. The molecule has 2 aromatic rings. The van der Waals surface area contributed by atoms with E-state index < -0.39 is 9.84 Å². The Morgan fingerprint density at radius 1 is 1.32 bits per heavy atom. The molecule has 0 aliphatic heterocycles. The molecular formula is C13H17N5O3S. The number of nitrogens with two attached hydrogens (primary N) is 1. The summed E-state index contributed by atoms with van der Waals surface area (Å²) in [5, 5.41) is 8.72. The van der Waals surface area contributed by atoms with Crippen molar-refractivity contribution in [2.45, 2.75) is 24.8 Å². The van der Waals surface area contributed by atoms with Gasteiger partial charge >= 0.3 is 0 Å². The van der Waals surface area contributed by atoms with Crippen LogP contribution in [0.3, 0.4) is 0 Å². The number of carbonyl (C=O) groups is 1. The molecule has 8 nitrogen and oxygen atoms in total. The second kappa shape index (κ2) is 6.56. The molecule has 0 radical (unpaired) electrons. The highest BCUT2D eigenvalue weighted by molar-refractivity contribution is 7.91. The number of nitrogens with zero attached hydrogens (tertiary/aromatic N) is 2. The lowest BCUT2D eigenvalue weighted by Crippen LogP contribution is -2.25. The number of anilines is 1. The zero-order chi connectivity index (χ0) is 16.2. The highest BCUT2D eigenvalue weighted by atomic mass is 32.2. The fourth-order valence-electron chi connectivity index (χ4n) is 1.75. The Morgan fingerprint density at radius 2 is 2.00 bits per heavy atom. The molecular weight excluding hydrogens is 306 g/mol. The number of rotatable bonds is 6. The van der Waals surface area contributed by atoms with Gasteiger partial charge in [0.05, 0.1) is 17.2 Å². The summed E-state index contributed by atoms with van der Waals surface area (Å²) >= 11 is 0. The molecule has 0 unspecified atom stereocenters. The minimum absolute atomic E-state index is 0.0891. The van der Waals surface area contributed by atoms with Crippen molar-refractivity contribution in [3.8, 4) is 0 Å². The molecule has 1 heterocycles. The maximum absolute atomic E-state index is 12.1. The number of amides is 1. The molecule has 0 aliphatic carbocycles. The average molecular weight is 323 g/mol. The second-order valence-corrected chi connectivity index (χ2v) is 6.91. The number of hydrogen-bond acceptors (Lipinski definition) is 6. The summed E-state index contributed by atoms with van der Waals surface area (Å²) in [5.41, 5.74) is 6.31. The summed E-state index contributed by atoms with van der Waals surface area (Å²) in [6.07, 6.45) is -0.125. The van der Waals surface area contributed by atoms with Crippen LogP contribution in [0, 0.1) is 6.92 Å². The molecule has 1 amide bonds. The summed E-state index contributed by atoms with van der Waals surface area (Å²) in [7, 11) is -3.47. The number of H-pyrrole nitrogens is 1. The maximum atomic E-state index is 12.1. The van der Waals surface area contributed by atoms with Crippen molar-refractivity contribution in [1.82, 2.24) is 20.5 Å². The molecule has 0 saturated carbocycles. The van der Waals surface area contributed by atoms with Crippen LogP contribution in [-0.2, 0) is 21.2 Å². The number of nitrogens with one attached hydrogen (secondary N) is 2. The molecule has 0 fully saturated rings. The van der Waals surface area contributed by atoms with Crippen molar-refractivity contribution in [1.29, 1.82) is 0 Å². The second-order valence-electron chi connectivity index (χ2n) is 4.80. The Kier molecular flexibility index (Phi) is 4.76. The maximum Gasteiger partial charge on any atom is 0.239 e. The molecule has 118 valence electrons. The van der Waals surface area contributed by atoms with Crippen LogP contribution in [-0.4, -0.2) is 35.3 Å². The van der Waals surface area contributed by atoms with Gasteiger partial charge in [0.1, 0.15) is 5.82 Å². The SMILES string of the molecule is Cc1ccc(S(=O)(=O)CCC(=O)NCc2nc(N)n[nH]2)cc1. The normalized spacial score (nSPS) is 11.3. The van der Waals surface area contributed by atoms with Crippen LogP contribution in [0.5, 0.6) is 0 Å². The van der Waals surface area contributed by atoms with Crippen molar-refractivity contribution in [2.24, 2.45) is 0 Å². The van der Waals surface area contributed by atoms with Gasteiger partial charge in [-0.3, -0.25) is 9.89 Å². The Morgan fingerprint density at radius 3 is 2.59 bits per heavy atom. The van der Waals surface area contributed by atoms with Crippen LogP contribution >= 0.6 is 0 Å². The fourth-order valence-corrected chi connectivity index (χ4v) is 2.99. The summed E-state index contributed by atoms with van der Waals surface area (Å²) in [4.78, 5) is 15.7. The molecule has 1 aromatic carbocycles. The van der Waals surface area contributed by atoms with E-state index in [2.05, 4.69) is 20.5 Å². The summed E-state index contributed by atoms with van der Waals surface area (Å²) < 4.78 is 24.2. The van der Waals surface area contributed by atoms with Gasteiger partial charge in [0, 0.05) is 6.42 Å². The van der Waals surface area contributed by atoms with Crippen LogP contribution in [0.25, 0.3) is 0 Å². The molecule has 0 saturated heterocycles. The molecule has 4 N–H and O–H groups in total. The largest absolute Gasteiger partial charge is 0.367 e. The molecule has 0 atom stereocenters. The van der Waals surface area contributed by atoms with E-state index in [1.54, 1.807) is 24.3 Å². The highest BCUT2D eigenvalue weighted by Gasteiger charge is 2.16. The van der Waals surface area contributed by atoms with E-state index >= 15 is 0 Å². The van der Waals surface area contributed by atoms with E-state index in [9.17, 15) is 13.2 Å². The van der Waals surface area contributed by atoms with Gasteiger partial charge in [-0.2, -0.15) is 4.98 Å². The third kappa shape index (κ3) is 4.29. The number of aryl methyl sites for hydroxylation is 1. The van der Waals surface area contributed by atoms with Crippen LogP contribution in [0.15, 0.2) is 29.2 Å². The standard InChI is InChI=1S/C13H17N5O3S/c1-9-2-4-10(5-3-9)22(20,21)7-6-12(19)15-8-11-16-13(14)18-17-11/h2-5H,6-8H2,1H3,(H,15,19)(H3,14,16,17,18). The number of aromatic nitrogens is 3. The number of carbonyl (C=O) groups excluding carboxylic acids is 1. The van der Waals surface area contributed by atoms with Crippen molar-refractivity contribution in [3.63, 3.8) is 0 Å². The molecule has 0 aliphatic rings. The predicted molar refractivity (Wildman–Crippen MR) is 80.5 cm³/mol. The number of nitrogen functional groups attached to an aromatic ring is 1. The molecule has 2 rings (SSSR count). The van der Waals surface area contributed by atoms with Crippen molar-refractivity contribution in [3.05, 3.63) is 35.7 Å². The molecule has 9 heteroatoms. The van der Waals surface area contributed by atoms with E-state index in [0.717, 1.165) is 5.56 Å². The summed E-state index contributed by atoms with van der Waals surface area (Å²) in [6, 6.07) is 6.53. The van der Waals surface area contributed by atoms with E-state index in [0.29, 0.717) is 5.82 Å². The third-order valence-corrected chi connectivity index (χ3v) is 4.71. The number of hydrogen-bond donors (Lipinski definition) is 3. The summed E-state index contributed by atoms with van der Waals surface area (Å²) in [5.74, 6) is -0.135. The third-order valence-electron chi connectivity index (χ3n) is 2.98. The first kappa shape index (κ1) is 16.0. The van der Waals surface area contributed by atoms with Gasteiger partial charge < -0.3 is 11.1 Å². The Hall–Kier alpha value is -2.42. The summed E-state index contributed by atoms with van der Waals surface area (Å²) in [6.45, 7) is 1.99.